The second-order valence-corrected chi connectivity index (χ2v) is 4.02. The van der Waals surface area contributed by atoms with Gasteiger partial charge in [-0.25, -0.2) is 9.97 Å². The third-order valence-corrected chi connectivity index (χ3v) is 2.35. The zero-order valence-electron chi connectivity index (χ0n) is 8.52. The minimum atomic E-state index is 0.321. The van der Waals surface area contributed by atoms with Gasteiger partial charge < -0.3 is 9.32 Å². The van der Waals surface area contributed by atoms with Crippen molar-refractivity contribution < 1.29 is 4.42 Å². The monoisotopic (exact) mass is 257 g/mol. The first-order valence-corrected chi connectivity index (χ1v) is 5.34. The molecular formula is C10H9Cl2N3O. The second kappa shape index (κ2) is 4.72. The molecule has 2 aromatic heterocycles. The lowest BCUT2D eigenvalue weighted by atomic mass is 10.4. The summed E-state index contributed by atoms with van der Waals surface area (Å²) in [5.41, 5.74) is 0. The Labute approximate surface area is 103 Å². The van der Waals surface area contributed by atoms with E-state index in [0.717, 1.165) is 5.76 Å². The number of aromatic nitrogens is 2. The van der Waals surface area contributed by atoms with Gasteiger partial charge in [0.1, 0.15) is 16.1 Å². The molecule has 0 aliphatic heterocycles. The van der Waals surface area contributed by atoms with Crippen LogP contribution >= 0.6 is 23.2 Å². The lowest BCUT2D eigenvalue weighted by Gasteiger charge is -2.15. The summed E-state index contributed by atoms with van der Waals surface area (Å²) in [5, 5.41) is 0.641. The van der Waals surface area contributed by atoms with Crippen molar-refractivity contribution in [2.24, 2.45) is 0 Å². The highest BCUT2D eigenvalue weighted by atomic mass is 35.5. The van der Waals surface area contributed by atoms with Crippen molar-refractivity contribution in [3.05, 3.63) is 40.5 Å². The van der Waals surface area contributed by atoms with Crippen LogP contribution in [0, 0.1) is 0 Å². The first-order valence-electron chi connectivity index (χ1n) is 4.59. The molecule has 6 heteroatoms. The SMILES string of the molecule is CN(Cc1ccco1)c1nc(Cl)cc(Cl)n1. The third kappa shape index (κ3) is 2.65. The molecule has 0 saturated carbocycles. The Morgan fingerprint density at radius 1 is 1.31 bits per heavy atom. The number of hydrogen-bond acceptors (Lipinski definition) is 4. The number of furan rings is 1. The Morgan fingerprint density at radius 3 is 2.56 bits per heavy atom. The molecule has 2 aromatic rings. The predicted molar refractivity (Wildman–Crippen MR) is 62.9 cm³/mol. The molecule has 2 heterocycles. The average molecular weight is 258 g/mol. The molecule has 0 radical (unpaired) electrons. The Morgan fingerprint density at radius 2 is 2.00 bits per heavy atom. The van der Waals surface area contributed by atoms with E-state index in [1.54, 1.807) is 11.2 Å². The van der Waals surface area contributed by atoms with Crippen molar-refractivity contribution in [2.45, 2.75) is 6.54 Å². The van der Waals surface area contributed by atoms with Gasteiger partial charge in [-0.05, 0) is 12.1 Å². The molecule has 0 aromatic carbocycles. The fourth-order valence-electron chi connectivity index (χ4n) is 1.26. The zero-order valence-corrected chi connectivity index (χ0v) is 10.0. The van der Waals surface area contributed by atoms with Gasteiger partial charge in [0.2, 0.25) is 5.95 Å². The van der Waals surface area contributed by atoms with Crippen LogP contribution in [0.1, 0.15) is 5.76 Å². The third-order valence-electron chi connectivity index (χ3n) is 1.97. The van der Waals surface area contributed by atoms with Gasteiger partial charge in [0.15, 0.2) is 0 Å². The number of rotatable bonds is 3. The van der Waals surface area contributed by atoms with E-state index in [0.29, 0.717) is 22.8 Å². The van der Waals surface area contributed by atoms with Gasteiger partial charge in [-0.1, -0.05) is 23.2 Å². The fraction of sp³-hybridized carbons (Fsp3) is 0.200. The van der Waals surface area contributed by atoms with E-state index in [2.05, 4.69) is 9.97 Å². The van der Waals surface area contributed by atoms with Crippen molar-refractivity contribution in [3.8, 4) is 0 Å². The number of anilines is 1. The summed E-state index contributed by atoms with van der Waals surface area (Å²) in [5.74, 6) is 1.29. The van der Waals surface area contributed by atoms with E-state index in [4.69, 9.17) is 27.6 Å². The minimum absolute atomic E-state index is 0.321. The van der Waals surface area contributed by atoms with Crippen molar-refractivity contribution >= 4 is 29.2 Å². The maximum atomic E-state index is 5.79. The summed E-state index contributed by atoms with van der Waals surface area (Å²) >= 11 is 11.6. The normalized spacial score (nSPS) is 10.4. The lowest BCUT2D eigenvalue weighted by molar-refractivity contribution is 0.506. The predicted octanol–water partition coefficient (Wildman–Crippen LogP) is 3.01. The van der Waals surface area contributed by atoms with Gasteiger partial charge in [-0.2, -0.15) is 0 Å². The van der Waals surface area contributed by atoms with Crippen molar-refractivity contribution in [1.29, 1.82) is 0 Å². The molecule has 0 unspecified atom stereocenters. The van der Waals surface area contributed by atoms with Gasteiger partial charge in [0.05, 0.1) is 12.8 Å². The smallest absolute Gasteiger partial charge is 0.228 e. The quantitative estimate of drug-likeness (QED) is 0.793. The Kier molecular flexibility index (Phi) is 3.31. The van der Waals surface area contributed by atoms with Crippen molar-refractivity contribution in [3.63, 3.8) is 0 Å². The van der Waals surface area contributed by atoms with Crippen molar-refractivity contribution in [1.82, 2.24) is 9.97 Å². The van der Waals surface area contributed by atoms with Gasteiger partial charge in [-0.15, -0.1) is 0 Å². The van der Waals surface area contributed by atoms with Crippen molar-refractivity contribution in [2.75, 3.05) is 11.9 Å². The summed E-state index contributed by atoms with van der Waals surface area (Å²) in [7, 11) is 1.84. The second-order valence-electron chi connectivity index (χ2n) is 3.25. The first-order chi connectivity index (χ1) is 7.65. The molecule has 84 valence electrons. The molecule has 2 rings (SSSR count). The maximum absolute atomic E-state index is 5.79. The van der Waals surface area contributed by atoms with Crippen LogP contribution in [-0.2, 0) is 6.54 Å². The highest BCUT2D eigenvalue weighted by molar-refractivity contribution is 6.33. The summed E-state index contributed by atoms with van der Waals surface area (Å²) in [6.07, 6.45) is 1.62. The molecular weight excluding hydrogens is 249 g/mol. The van der Waals surface area contributed by atoms with E-state index in [-0.39, 0.29) is 0 Å². The van der Waals surface area contributed by atoms with E-state index in [9.17, 15) is 0 Å². The first kappa shape index (κ1) is 11.2. The van der Waals surface area contributed by atoms with Crippen LogP contribution < -0.4 is 4.90 Å². The molecule has 0 bridgehead atoms. The molecule has 0 fully saturated rings. The number of halogens is 2. The standard InChI is InChI=1S/C10H9Cl2N3O/c1-15(6-7-3-2-4-16-7)10-13-8(11)5-9(12)14-10/h2-5H,6H2,1H3. The molecule has 4 nitrogen and oxygen atoms in total. The largest absolute Gasteiger partial charge is 0.467 e. The topological polar surface area (TPSA) is 42.2 Å². The minimum Gasteiger partial charge on any atom is -0.467 e. The molecule has 16 heavy (non-hydrogen) atoms. The molecule has 0 atom stereocenters. The van der Waals surface area contributed by atoms with Crippen LogP contribution in [0.3, 0.4) is 0 Å². The Bertz CT molecular complexity index is 453. The van der Waals surface area contributed by atoms with Crippen LogP contribution in [0.5, 0.6) is 0 Å². The number of nitrogens with zero attached hydrogens (tertiary/aromatic N) is 3. The highest BCUT2D eigenvalue weighted by Gasteiger charge is 2.09. The van der Waals surface area contributed by atoms with Crippen LogP contribution in [0.2, 0.25) is 10.3 Å². The van der Waals surface area contributed by atoms with Gasteiger partial charge in [0.25, 0.3) is 0 Å². The maximum Gasteiger partial charge on any atom is 0.228 e. The molecule has 0 aliphatic carbocycles. The summed E-state index contributed by atoms with van der Waals surface area (Å²) in [6, 6.07) is 5.20. The van der Waals surface area contributed by atoms with Gasteiger partial charge >= 0.3 is 0 Å². The van der Waals surface area contributed by atoms with Crippen LogP contribution in [0.15, 0.2) is 28.9 Å². The lowest BCUT2D eigenvalue weighted by Crippen LogP contribution is -2.18. The van der Waals surface area contributed by atoms with E-state index in [1.165, 1.54) is 6.07 Å². The van der Waals surface area contributed by atoms with Crippen LogP contribution in [0.4, 0.5) is 5.95 Å². The summed E-state index contributed by atoms with van der Waals surface area (Å²) in [4.78, 5) is 9.94. The average Bonchev–Trinajstić information content (AvgIpc) is 2.68. The molecule has 0 aliphatic rings. The van der Waals surface area contributed by atoms with Gasteiger partial charge in [-0.3, -0.25) is 0 Å². The molecule has 0 saturated heterocycles. The van der Waals surface area contributed by atoms with E-state index in [1.807, 2.05) is 19.2 Å². The Hall–Kier alpha value is -1.26. The van der Waals surface area contributed by atoms with Crippen LogP contribution in [-0.4, -0.2) is 17.0 Å². The Balaban J connectivity index is 2.17. The summed E-state index contributed by atoms with van der Waals surface area (Å²) in [6.45, 7) is 0.559. The molecule has 0 N–H and O–H groups in total. The van der Waals surface area contributed by atoms with Crippen LogP contribution in [0.25, 0.3) is 0 Å². The molecule has 0 spiro atoms. The van der Waals surface area contributed by atoms with E-state index < -0.39 is 0 Å². The fourth-order valence-corrected chi connectivity index (χ4v) is 1.67. The summed E-state index contributed by atoms with van der Waals surface area (Å²) < 4.78 is 5.22. The van der Waals surface area contributed by atoms with E-state index >= 15 is 0 Å². The zero-order chi connectivity index (χ0) is 11.5. The van der Waals surface area contributed by atoms with Gasteiger partial charge in [0, 0.05) is 13.1 Å². The number of hydrogen-bond donors (Lipinski definition) is 0. The highest BCUT2D eigenvalue weighted by Crippen LogP contribution is 2.17. The molecule has 0 amide bonds.